The van der Waals surface area contributed by atoms with Crippen LogP contribution in [0, 0.1) is 5.92 Å². The average molecular weight is 275 g/mol. The highest BCUT2D eigenvalue weighted by Crippen LogP contribution is 2.31. The molecule has 0 saturated carbocycles. The van der Waals surface area contributed by atoms with E-state index in [1.165, 1.54) is 18.4 Å². The second-order valence-corrected chi connectivity index (χ2v) is 5.79. The van der Waals surface area contributed by atoms with Gasteiger partial charge in [-0.25, -0.2) is 0 Å². The number of nitrogens with zero attached hydrogens (tertiary/aromatic N) is 1. The van der Waals surface area contributed by atoms with Crippen LogP contribution in [0.3, 0.4) is 0 Å². The summed E-state index contributed by atoms with van der Waals surface area (Å²) in [7, 11) is 0. The number of carboxylic acid groups (broad SMARTS) is 1. The van der Waals surface area contributed by atoms with Crippen LogP contribution in [0.5, 0.6) is 0 Å². The topological polar surface area (TPSA) is 40.5 Å². The molecule has 0 bridgehead atoms. The molecule has 0 amide bonds. The first-order valence-corrected chi connectivity index (χ1v) is 7.71. The fourth-order valence-electron chi connectivity index (χ4n) is 3.22. The molecule has 110 valence electrons. The lowest BCUT2D eigenvalue weighted by molar-refractivity contribution is -0.138. The van der Waals surface area contributed by atoms with Gasteiger partial charge in [0.15, 0.2) is 0 Å². The van der Waals surface area contributed by atoms with Crippen LogP contribution in [0.25, 0.3) is 0 Å². The van der Waals surface area contributed by atoms with Crippen molar-refractivity contribution in [3.05, 3.63) is 35.9 Å². The number of likely N-dealkylation sites (tertiary alicyclic amines) is 1. The Morgan fingerprint density at radius 1 is 1.30 bits per heavy atom. The van der Waals surface area contributed by atoms with Crippen molar-refractivity contribution < 1.29 is 9.90 Å². The van der Waals surface area contributed by atoms with Crippen LogP contribution >= 0.6 is 0 Å². The first kappa shape index (κ1) is 15.0. The van der Waals surface area contributed by atoms with E-state index in [4.69, 9.17) is 5.11 Å². The minimum Gasteiger partial charge on any atom is -0.481 e. The predicted molar refractivity (Wildman–Crippen MR) is 80.6 cm³/mol. The van der Waals surface area contributed by atoms with E-state index in [1.54, 1.807) is 0 Å². The fourth-order valence-corrected chi connectivity index (χ4v) is 3.22. The number of carboxylic acids is 1. The molecule has 1 N–H and O–H groups in total. The molecule has 3 nitrogen and oxygen atoms in total. The van der Waals surface area contributed by atoms with Gasteiger partial charge in [0.1, 0.15) is 0 Å². The molecule has 3 heteroatoms. The summed E-state index contributed by atoms with van der Waals surface area (Å²) in [5.74, 6) is -0.293. The van der Waals surface area contributed by atoms with Crippen molar-refractivity contribution in [3.63, 3.8) is 0 Å². The van der Waals surface area contributed by atoms with E-state index in [2.05, 4.69) is 42.2 Å². The summed E-state index contributed by atoms with van der Waals surface area (Å²) in [5.41, 5.74) is 1.39. The van der Waals surface area contributed by atoms with Crippen molar-refractivity contribution in [1.29, 1.82) is 0 Å². The summed E-state index contributed by atoms with van der Waals surface area (Å²) >= 11 is 0. The van der Waals surface area contributed by atoms with E-state index in [0.29, 0.717) is 18.4 Å². The van der Waals surface area contributed by atoms with E-state index < -0.39 is 5.97 Å². The van der Waals surface area contributed by atoms with Crippen LogP contribution < -0.4 is 0 Å². The first-order chi connectivity index (χ1) is 9.70. The molecule has 1 aliphatic heterocycles. The summed E-state index contributed by atoms with van der Waals surface area (Å²) < 4.78 is 0. The summed E-state index contributed by atoms with van der Waals surface area (Å²) in [6.07, 6.45) is 4.71. The van der Waals surface area contributed by atoms with Gasteiger partial charge in [-0.05, 0) is 43.8 Å². The lowest BCUT2D eigenvalue weighted by Crippen LogP contribution is -2.37. The molecule has 2 rings (SSSR count). The van der Waals surface area contributed by atoms with Gasteiger partial charge in [-0.3, -0.25) is 9.69 Å². The van der Waals surface area contributed by atoms with Crippen molar-refractivity contribution in [2.45, 2.75) is 45.1 Å². The Hall–Kier alpha value is -1.35. The summed E-state index contributed by atoms with van der Waals surface area (Å²) in [5, 5.41) is 8.89. The molecule has 1 aromatic rings. The van der Waals surface area contributed by atoms with E-state index in [9.17, 15) is 4.79 Å². The first-order valence-electron chi connectivity index (χ1n) is 7.71. The Morgan fingerprint density at radius 3 is 2.50 bits per heavy atom. The zero-order chi connectivity index (χ0) is 14.4. The van der Waals surface area contributed by atoms with Gasteiger partial charge in [0.2, 0.25) is 0 Å². The van der Waals surface area contributed by atoms with Crippen LogP contribution in [0.2, 0.25) is 0 Å². The normalized spacial score (nSPS) is 18.9. The lowest BCUT2D eigenvalue weighted by Gasteiger charge is -2.37. The van der Waals surface area contributed by atoms with E-state index in [-0.39, 0.29) is 0 Å². The van der Waals surface area contributed by atoms with Crippen LogP contribution in [-0.2, 0) is 4.79 Å². The number of hydrogen-bond acceptors (Lipinski definition) is 2. The molecule has 1 aromatic carbocycles. The van der Waals surface area contributed by atoms with Crippen molar-refractivity contribution >= 4 is 5.97 Å². The van der Waals surface area contributed by atoms with Gasteiger partial charge in [0.05, 0.1) is 0 Å². The number of rotatable bonds is 6. The maximum Gasteiger partial charge on any atom is 0.303 e. The Morgan fingerprint density at radius 2 is 1.95 bits per heavy atom. The van der Waals surface area contributed by atoms with Crippen molar-refractivity contribution in [1.82, 2.24) is 4.90 Å². The number of piperidine rings is 1. The van der Waals surface area contributed by atoms with Crippen LogP contribution in [0.1, 0.15) is 50.6 Å². The zero-order valence-electron chi connectivity index (χ0n) is 12.3. The largest absolute Gasteiger partial charge is 0.481 e. The zero-order valence-corrected chi connectivity index (χ0v) is 12.3. The monoisotopic (exact) mass is 275 g/mol. The highest BCUT2D eigenvalue weighted by molar-refractivity contribution is 5.67. The second-order valence-electron chi connectivity index (χ2n) is 5.79. The molecule has 1 aliphatic rings. The third-order valence-corrected chi connectivity index (χ3v) is 4.30. The highest BCUT2D eigenvalue weighted by atomic mass is 16.4. The molecule has 0 spiro atoms. The molecule has 1 fully saturated rings. The molecule has 1 heterocycles. The van der Waals surface area contributed by atoms with E-state index >= 15 is 0 Å². The lowest BCUT2D eigenvalue weighted by atomic mass is 9.91. The van der Waals surface area contributed by atoms with Gasteiger partial charge < -0.3 is 5.11 Å². The Balaban J connectivity index is 1.97. The smallest absolute Gasteiger partial charge is 0.303 e. The quantitative estimate of drug-likeness (QED) is 0.860. The number of aliphatic carboxylic acids is 1. The molecule has 0 radical (unpaired) electrons. The molecule has 0 aliphatic carbocycles. The van der Waals surface area contributed by atoms with Crippen LogP contribution in [-0.4, -0.2) is 29.1 Å². The fraction of sp³-hybridized carbons (Fsp3) is 0.588. The van der Waals surface area contributed by atoms with Gasteiger partial charge >= 0.3 is 5.97 Å². The highest BCUT2D eigenvalue weighted by Gasteiger charge is 2.26. The molecular weight excluding hydrogens is 250 g/mol. The standard InChI is InChI=1S/C17H25NO2/c1-2-6-16(15-7-4-3-5-8-15)18-11-9-14(10-12-18)13-17(19)20/h3-5,7-8,14,16H,2,6,9-13H2,1H3,(H,19,20). The van der Waals surface area contributed by atoms with E-state index in [1.807, 2.05) is 0 Å². The van der Waals surface area contributed by atoms with Gasteiger partial charge in [-0.1, -0.05) is 43.7 Å². The van der Waals surface area contributed by atoms with Gasteiger partial charge in [0, 0.05) is 12.5 Å². The minimum atomic E-state index is -0.656. The van der Waals surface area contributed by atoms with Crippen molar-refractivity contribution in [2.24, 2.45) is 5.92 Å². The Labute approximate surface area is 121 Å². The number of carbonyl (C=O) groups is 1. The Kier molecular flexibility index (Phi) is 5.60. The third-order valence-electron chi connectivity index (χ3n) is 4.30. The van der Waals surface area contributed by atoms with Crippen LogP contribution in [0.15, 0.2) is 30.3 Å². The van der Waals surface area contributed by atoms with Gasteiger partial charge in [-0.15, -0.1) is 0 Å². The maximum absolute atomic E-state index is 10.8. The minimum absolute atomic E-state index is 0.331. The maximum atomic E-state index is 10.8. The summed E-state index contributed by atoms with van der Waals surface area (Å²) in [6.45, 7) is 4.28. The molecule has 1 unspecified atom stereocenters. The van der Waals surface area contributed by atoms with Crippen molar-refractivity contribution in [3.8, 4) is 0 Å². The molecule has 1 saturated heterocycles. The molecule has 20 heavy (non-hydrogen) atoms. The number of hydrogen-bond donors (Lipinski definition) is 1. The predicted octanol–water partition coefficient (Wildman–Crippen LogP) is 3.71. The van der Waals surface area contributed by atoms with Gasteiger partial charge in [-0.2, -0.15) is 0 Å². The number of benzene rings is 1. The van der Waals surface area contributed by atoms with Crippen molar-refractivity contribution in [2.75, 3.05) is 13.1 Å². The Bertz CT molecular complexity index is 410. The van der Waals surface area contributed by atoms with Crippen LogP contribution in [0.4, 0.5) is 0 Å². The summed E-state index contributed by atoms with van der Waals surface area (Å²) in [6, 6.07) is 11.2. The summed E-state index contributed by atoms with van der Waals surface area (Å²) in [4.78, 5) is 13.3. The molecular formula is C17H25NO2. The van der Waals surface area contributed by atoms with Gasteiger partial charge in [0.25, 0.3) is 0 Å². The average Bonchev–Trinajstić information content (AvgIpc) is 2.46. The second kappa shape index (κ2) is 7.44. The SMILES string of the molecule is CCCC(c1ccccc1)N1CCC(CC(=O)O)CC1. The third kappa shape index (κ3) is 4.07. The molecule has 0 aromatic heterocycles. The van der Waals surface area contributed by atoms with E-state index in [0.717, 1.165) is 25.9 Å². The molecule has 1 atom stereocenters.